The molecule has 0 spiro atoms. The van der Waals surface area contributed by atoms with Gasteiger partial charge in [-0.05, 0) is 49.8 Å². The van der Waals surface area contributed by atoms with Crippen molar-refractivity contribution in [2.45, 2.75) is 30.5 Å². The van der Waals surface area contributed by atoms with Crippen LogP contribution in [-0.2, 0) is 0 Å². The minimum atomic E-state index is -0.120. The van der Waals surface area contributed by atoms with Crippen molar-refractivity contribution in [2.75, 3.05) is 13.7 Å². The smallest absolute Gasteiger partial charge is 0.255 e. The monoisotopic (exact) mass is 359 g/mol. The third kappa shape index (κ3) is 4.13. The molecule has 1 aliphatic rings. The zero-order chi connectivity index (χ0) is 14.5. The number of alkyl halides is 1. The summed E-state index contributed by atoms with van der Waals surface area (Å²) < 4.78 is 5.20. The largest absolute Gasteiger partial charge is 0.496 e. The lowest BCUT2D eigenvalue weighted by Gasteiger charge is -2.25. The molecule has 1 aromatic rings. The topological polar surface area (TPSA) is 38.3 Å². The Hall–Kier alpha value is -0.740. The van der Waals surface area contributed by atoms with Crippen molar-refractivity contribution in [3.05, 3.63) is 28.8 Å². The predicted molar refractivity (Wildman–Crippen MR) is 85.0 cm³/mol. The summed E-state index contributed by atoms with van der Waals surface area (Å²) in [5, 5.41) is 3.53. The molecule has 0 saturated heterocycles. The first-order valence-corrected chi connectivity index (χ1v) is 8.15. The maximum absolute atomic E-state index is 12.2. The summed E-state index contributed by atoms with van der Waals surface area (Å²) in [6.07, 6.45) is 4.67. The second-order valence-electron chi connectivity index (χ2n) is 5.17. The fourth-order valence-electron chi connectivity index (χ4n) is 2.52. The van der Waals surface area contributed by atoms with E-state index in [4.69, 9.17) is 16.3 Å². The average Bonchev–Trinajstić information content (AvgIpc) is 2.46. The van der Waals surface area contributed by atoms with E-state index in [0.717, 1.165) is 12.8 Å². The highest BCUT2D eigenvalue weighted by Crippen LogP contribution is 2.28. The van der Waals surface area contributed by atoms with Crippen molar-refractivity contribution in [1.29, 1.82) is 0 Å². The molecule has 2 rings (SSSR count). The molecule has 0 heterocycles. The summed E-state index contributed by atoms with van der Waals surface area (Å²) in [6, 6.07) is 5.08. The summed E-state index contributed by atoms with van der Waals surface area (Å²) in [7, 11) is 1.55. The maximum Gasteiger partial charge on any atom is 0.255 e. The average molecular weight is 361 g/mol. The van der Waals surface area contributed by atoms with Crippen molar-refractivity contribution in [3.63, 3.8) is 0 Å². The van der Waals surface area contributed by atoms with Gasteiger partial charge in [-0.3, -0.25) is 4.79 Å². The van der Waals surface area contributed by atoms with Gasteiger partial charge in [-0.2, -0.15) is 0 Å². The number of halogens is 2. The summed E-state index contributed by atoms with van der Waals surface area (Å²) in [5.41, 5.74) is 0.495. The fourth-order valence-corrected chi connectivity index (χ4v) is 3.22. The molecule has 0 aliphatic heterocycles. The van der Waals surface area contributed by atoms with Crippen LogP contribution in [0.3, 0.4) is 0 Å². The Kier molecular flexibility index (Phi) is 5.73. The number of carbonyl (C=O) groups excluding carboxylic acids is 1. The molecular formula is C15H19BrClNO2. The lowest BCUT2D eigenvalue weighted by molar-refractivity contribution is 0.0941. The number of methoxy groups -OCH3 is 1. The Morgan fingerprint density at radius 1 is 1.40 bits per heavy atom. The summed E-state index contributed by atoms with van der Waals surface area (Å²) >= 11 is 9.58. The molecule has 3 nitrogen and oxygen atoms in total. The summed E-state index contributed by atoms with van der Waals surface area (Å²) in [4.78, 5) is 12.9. The van der Waals surface area contributed by atoms with E-state index in [1.807, 2.05) is 0 Å². The molecule has 110 valence electrons. The molecule has 1 fully saturated rings. The van der Waals surface area contributed by atoms with Gasteiger partial charge in [0.05, 0.1) is 12.7 Å². The fraction of sp³-hybridized carbons (Fsp3) is 0.533. The van der Waals surface area contributed by atoms with Gasteiger partial charge < -0.3 is 10.1 Å². The van der Waals surface area contributed by atoms with Crippen LogP contribution >= 0.6 is 27.5 Å². The third-order valence-corrected chi connectivity index (χ3v) is 4.88. The van der Waals surface area contributed by atoms with Gasteiger partial charge in [0.25, 0.3) is 5.91 Å². The number of nitrogens with one attached hydrogen (secondary N) is 1. The van der Waals surface area contributed by atoms with Crippen LogP contribution in [0.5, 0.6) is 5.75 Å². The first kappa shape index (κ1) is 15.6. The van der Waals surface area contributed by atoms with Gasteiger partial charge in [-0.15, -0.1) is 0 Å². The standard InChI is InChI=1S/C15H19BrClNO2/c1-20-14-7-6-12(17)8-13(14)15(19)18-9-10-2-4-11(16)5-3-10/h6-8,10-11H,2-5,9H2,1H3,(H,18,19). The highest BCUT2D eigenvalue weighted by Gasteiger charge is 2.20. The molecule has 1 aliphatic carbocycles. The van der Waals surface area contributed by atoms with Gasteiger partial charge in [-0.25, -0.2) is 0 Å². The molecule has 5 heteroatoms. The Bertz CT molecular complexity index is 473. The first-order chi connectivity index (χ1) is 9.60. The SMILES string of the molecule is COc1ccc(Cl)cc1C(=O)NCC1CCC(Br)CC1. The number of hydrogen-bond donors (Lipinski definition) is 1. The van der Waals surface area contributed by atoms with E-state index < -0.39 is 0 Å². The van der Waals surface area contributed by atoms with Crippen molar-refractivity contribution in [2.24, 2.45) is 5.92 Å². The van der Waals surface area contributed by atoms with Crippen LogP contribution in [0, 0.1) is 5.92 Å². The molecule has 20 heavy (non-hydrogen) atoms. The Morgan fingerprint density at radius 3 is 2.75 bits per heavy atom. The number of ether oxygens (including phenoxy) is 1. The van der Waals surface area contributed by atoms with Crippen molar-refractivity contribution in [3.8, 4) is 5.75 Å². The van der Waals surface area contributed by atoms with Gasteiger partial charge >= 0.3 is 0 Å². The van der Waals surface area contributed by atoms with Crippen LogP contribution in [-0.4, -0.2) is 24.4 Å². The highest BCUT2D eigenvalue weighted by molar-refractivity contribution is 9.09. The van der Waals surface area contributed by atoms with Crippen molar-refractivity contribution in [1.82, 2.24) is 5.32 Å². The number of carbonyl (C=O) groups is 1. The second kappa shape index (κ2) is 7.32. The van der Waals surface area contributed by atoms with Crippen molar-refractivity contribution < 1.29 is 9.53 Å². The minimum absolute atomic E-state index is 0.120. The summed E-state index contributed by atoms with van der Waals surface area (Å²) in [5.74, 6) is 0.999. The molecule has 1 saturated carbocycles. The van der Waals surface area contributed by atoms with E-state index in [1.54, 1.807) is 25.3 Å². The van der Waals surface area contributed by atoms with Crippen LogP contribution in [0.2, 0.25) is 5.02 Å². The first-order valence-electron chi connectivity index (χ1n) is 6.86. The van der Waals surface area contributed by atoms with Crippen LogP contribution in [0.4, 0.5) is 0 Å². The maximum atomic E-state index is 12.2. The van der Waals surface area contributed by atoms with E-state index >= 15 is 0 Å². The van der Waals surface area contributed by atoms with Gasteiger partial charge in [0.1, 0.15) is 5.75 Å². The van der Waals surface area contributed by atoms with Crippen molar-refractivity contribution >= 4 is 33.4 Å². The normalized spacial score (nSPS) is 22.4. The molecule has 0 bridgehead atoms. The quantitative estimate of drug-likeness (QED) is 0.823. The van der Waals surface area contributed by atoms with Gasteiger partial charge in [0.15, 0.2) is 0 Å². The minimum Gasteiger partial charge on any atom is -0.496 e. The van der Waals surface area contributed by atoms with E-state index in [2.05, 4.69) is 21.2 Å². The Balaban J connectivity index is 1.93. The molecule has 1 N–H and O–H groups in total. The van der Waals surface area contributed by atoms with Gasteiger partial charge in [-0.1, -0.05) is 27.5 Å². The second-order valence-corrected chi connectivity index (χ2v) is 6.90. The summed E-state index contributed by atoms with van der Waals surface area (Å²) in [6.45, 7) is 0.716. The van der Waals surface area contributed by atoms with Gasteiger partial charge in [0.2, 0.25) is 0 Å². The molecule has 1 aromatic carbocycles. The van der Waals surface area contributed by atoms with Crippen LogP contribution in [0.15, 0.2) is 18.2 Å². The van der Waals surface area contributed by atoms with Crippen LogP contribution in [0.25, 0.3) is 0 Å². The molecule has 0 unspecified atom stereocenters. The van der Waals surface area contributed by atoms with E-state index in [9.17, 15) is 4.79 Å². The molecule has 0 atom stereocenters. The van der Waals surface area contributed by atoms with Crippen LogP contribution in [0.1, 0.15) is 36.0 Å². The Labute approximate surface area is 133 Å². The van der Waals surface area contributed by atoms with E-state index in [1.165, 1.54) is 12.8 Å². The highest BCUT2D eigenvalue weighted by atomic mass is 79.9. The third-order valence-electron chi connectivity index (χ3n) is 3.73. The lowest BCUT2D eigenvalue weighted by atomic mass is 9.89. The van der Waals surface area contributed by atoms with E-state index in [-0.39, 0.29) is 5.91 Å². The van der Waals surface area contributed by atoms with Crippen LogP contribution < -0.4 is 10.1 Å². The zero-order valence-electron chi connectivity index (χ0n) is 11.5. The Morgan fingerprint density at radius 2 is 2.10 bits per heavy atom. The van der Waals surface area contributed by atoms with E-state index in [0.29, 0.717) is 33.6 Å². The molecule has 0 aromatic heterocycles. The number of hydrogen-bond acceptors (Lipinski definition) is 2. The number of amides is 1. The lowest BCUT2D eigenvalue weighted by Crippen LogP contribution is -2.31. The molecule has 0 radical (unpaired) electrons. The predicted octanol–water partition coefficient (Wildman–Crippen LogP) is 4.03. The van der Waals surface area contributed by atoms with Gasteiger partial charge in [0, 0.05) is 16.4 Å². The zero-order valence-corrected chi connectivity index (χ0v) is 13.8. The molecular weight excluding hydrogens is 342 g/mol. The number of benzene rings is 1. The number of rotatable bonds is 4. The molecule has 1 amide bonds.